The first kappa shape index (κ1) is 16.5. The average Bonchev–Trinajstić information content (AvgIpc) is 3.44. The second-order valence-electron chi connectivity index (χ2n) is 6.81. The lowest BCUT2D eigenvalue weighted by molar-refractivity contribution is -0.121. The molecule has 2 aromatic carbocycles. The van der Waals surface area contributed by atoms with E-state index in [0.717, 1.165) is 12.8 Å². The topological polar surface area (TPSA) is 64.9 Å². The van der Waals surface area contributed by atoms with Gasteiger partial charge in [0.15, 0.2) is 0 Å². The smallest absolute Gasteiger partial charge is 0.235 e. The Morgan fingerprint density at radius 3 is 2.71 bits per heavy atom. The molecule has 4 nitrogen and oxygen atoms in total. The van der Waals surface area contributed by atoms with Gasteiger partial charge in [-0.3, -0.25) is 4.79 Å². The van der Waals surface area contributed by atoms with Gasteiger partial charge in [0.05, 0.1) is 12.6 Å². The maximum absolute atomic E-state index is 12.2. The fourth-order valence-corrected chi connectivity index (χ4v) is 3.20. The fourth-order valence-electron chi connectivity index (χ4n) is 3.20. The number of carbonyl (C=O) groups is 1. The van der Waals surface area contributed by atoms with Gasteiger partial charge in [0.1, 0.15) is 5.54 Å². The van der Waals surface area contributed by atoms with Crippen molar-refractivity contribution in [1.82, 2.24) is 10.6 Å². The lowest BCUT2D eigenvalue weighted by atomic mass is 9.98. The highest BCUT2D eigenvalue weighted by atomic mass is 16.2. The van der Waals surface area contributed by atoms with Crippen molar-refractivity contribution in [3.8, 4) is 6.07 Å². The van der Waals surface area contributed by atoms with E-state index in [0.29, 0.717) is 5.92 Å². The Kier molecular flexibility index (Phi) is 4.55. The first-order chi connectivity index (χ1) is 11.5. The predicted molar refractivity (Wildman–Crippen MR) is 95.3 cm³/mol. The van der Waals surface area contributed by atoms with Crippen LogP contribution < -0.4 is 10.6 Å². The van der Waals surface area contributed by atoms with Crippen LogP contribution >= 0.6 is 0 Å². The zero-order chi connectivity index (χ0) is 17.2. The summed E-state index contributed by atoms with van der Waals surface area (Å²) in [5, 5.41) is 17.9. The SMILES string of the molecule is C[C@@H](NCC(=O)N[C@@](C)(C#N)C1CC1)c1cccc2ccccc12. The van der Waals surface area contributed by atoms with E-state index >= 15 is 0 Å². The van der Waals surface area contributed by atoms with E-state index < -0.39 is 5.54 Å². The number of fused-ring (bicyclic) bond motifs is 1. The molecule has 0 aromatic heterocycles. The molecule has 1 amide bonds. The molecule has 0 bridgehead atoms. The Morgan fingerprint density at radius 2 is 2.00 bits per heavy atom. The van der Waals surface area contributed by atoms with E-state index in [1.54, 1.807) is 0 Å². The van der Waals surface area contributed by atoms with E-state index in [1.807, 2.05) is 25.1 Å². The zero-order valence-electron chi connectivity index (χ0n) is 14.2. The largest absolute Gasteiger partial charge is 0.337 e. The maximum Gasteiger partial charge on any atom is 0.235 e. The lowest BCUT2D eigenvalue weighted by Gasteiger charge is -2.24. The summed E-state index contributed by atoms with van der Waals surface area (Å²) in [6.45, 7) is 4.07. The molecule has 24 heavy (non-hydrogen) atoms. The number of hydrogen-bond acceptors (Lipinski definition) is 3. The van der Waals surface area contributed by atoms with E-state index in [2.05, 4.69) is 47.9 Å². The van der Waals surface area contributed by atoms with Crippen LogP contribution in [0.1, 0.15) is 38.3 Å². The van der Waals surface area contributed by atoms with Crippen LogP contribution in [0, 0.1) is 17.2 Å². The number of nitrogens with one attached hydrogen (secondary N) is 2. The molecule has 0 saturated heterocycles. The van der Waals surface area contributed by atoms with Gasteiger partial charge in [0, 0.05) is 6.04 Å². The number of rotatable bonds is 6. The predicted octanol–water partition coefficient (Wildman–Crippen LogP) is 3.30. The molecule has 1 saturated carbocycles. The minimum absolute atomic E-state index is 0.0520. The van der Waals surface area contributed by atoms with Gasteiger partial charge < -0.3 is 10.6 Å². The molecular formula is C20H23N3O. The van der Waals surface area contributed by atoms with Crippen LogP contribution in [-0.4, -0.2) is 18.0 Å². The van der Waals surface area contributed by atoms with Crippen LogP contribution in [0.2, 0.25) is 0 Å². The van der Waals surface area contributed by atoms with Gasteiger partial charge in [-0.1, -0.05) is 42.5 Å². The van der Waals surface area contributed by atoms with Crippen LogP contribution in [0.3, 0.4) is 0 Å². The Balaban J connectivity index is 1.63. The summed E-state index contributed by atoms with van der Waals surface area (Å²) in [4.78, 5) is 12.2. The first-order valence-corrected chi connectivity index (χ1v) is 8.47. The molecule has 0 heterocycles. The van der Waals surface area contributed by atoms with Crippen molar-refractivity contribution >= 4 is 16.7 Å². The third-order valence-corrected chi connectivity index (χ3v) is 4.88. The Bertz CT molecular complexity index is 786. The highest BCUT2D eigenvalue weighted by Crippen LogP contribution is 2.39. The number of nitriles is 1. The second-order valence-corrected chi connectivity index (χ2v) is 6.81. The fraction of sp³-hybridized carbons (Fsp3) is 0.400. The highest BCUT2D eigenvalue weighted by Gasteiger charge is 2.42. The molecule has 2 aromatic rings. The molecule has 1 aliphatic carbocycles. The monoisotopic (exact) mass is 321 g/mol. The molecule has 0 spiro atoms. The third-order valence-electron chi connectivity index (χ3n) is 4.88. The normalized spacial score (nSPS) is 17.7. The third kappa shape index (κ3) is 3.42. The van der Waals surface area contributed by atoms with Crippen molar-refractivity contribution in [2.45, 2.75) is 38.3 Å². The number of nitrogens with zero attached hydrogens (tertiary/aromatic N) is 1. The molecule has 1 fully saturated rings. The van der Waals surface area contributed by atoms with E-state index in [4.69, 9.17) is 0 Å². The van der Waals surface area contributed by atoms with Crippen LogP contribution in [0.5, 0.6) is 0 Å². The number of benzene rings is 2. The minimum atomic E-state index is -0.735. The van der Waals surface area contributed by atoms with Crippen molar-refractivity contribution in [3.63, 3.8) is 0 Å². The summed E-state index contributed by atoms with van der Waals surface area (Å²) in [5.41, 5.74) is 0.438. The quantitative estimate of drug-likeness (QED) is 0.858. The van der Waals surface area contributed by atoms with E-state index in [1.165, 1.54) is 16.3 Å². The van der Waals surface area contributed by atoms with Gasteiger partial charge in [-0.2, -0.15) is 5.26 Å². The molecule has 0 unspecified atom stereocenters. The van der Waals surface area contributed by atoms with Gasteiger partial charge in [0.25, 0.3) is 0 Å². The van der Waals surface area contributed by atoms with E-state index in [-0.39, 0.29) is 18.5 Å². The highest BCUT2D eigenvalue weighted by molar-refractivity contribution is 5.86. The summed E-state index contributed by atoms with van der Waals surface area (Å²) in [6.07, 6.45) is 2.04. The van der Waals surface area contributed by atoms with Crippen LogP contribution in [0.4, 0.5) is 0 Å². The average molecular weight is 321 g/mol. The number of amides is 1. The second kappa shape index (κ2) is 6.62. The number of hydrogen-bond donors (Lipinski definition) is 2. The molecule has 4 heteroatoms. The van der Waals surface area contributed by atoms with E-state index in [9.17, 15) is 10.1 Å². The Morgan fingerprint density at radius 1 is 1.29 bits per heavy atom. The maximum atomic E-state index is 12.2. The van der Waals surface area contributed by atoms with Gasteiger partial charge in [-0.25, -0.2) is 0 Å². The summed E-state index contributed by atoms with van der Waals surface area (Å²) in [5.74, 6) is 0.167. The molecule has 124 valence electrons. The summed E-state index contributed by atoms with van der Waals surface area (Å²) >= 11 is 0. The van der Waals surface area contributed by atoms with Crippen molar-refractivity contribution in [2.24, 2.45) is 5.92 Å². The van der Waals surface area contributed by atoms with Gasteiger partial charge in [-0.05, 0) is 48.9 Å². The molecule has 2 N–H and O–H groups in total. The zero-order valence-corrected chi connectivity index (χ0v) is 14.2. The molecule has 3 rings (SSSR count). The van der Waals surface area contributed by atoms with Gasteiger partial charge in [-0.15, -0.1) is 0 Å². The molecular weight excluding hydrogens is 298 g/mol. The summed E-state index contributed by atoms with van der Waals surface area (Å²) in [7, 11) is 0. The standard InChI is InChI=1S/C20H23N3O/c1-14(17-9-5-7-15-6-3-4-8-18(15)17)22-12-19(24)23-20(2,13-21)16-10-11-16/h3-9,14,16,22H,10-12H2,1-2H3,(H,23,24)/t14-,20+/m1/s1. The van der Waals surface area contributed by atoms with Crippen molar-refractivity contribution in [2.75, 3.05) is 6.54 Å². The van der Waals surface area contributed by atoms with Crippen molar-refractivity contribution in [1.29, 1.82) is 5.26 Å². The lowest BCUT2D eigenvalue weighted by Crippen LogP contribution is -2.49. The molecule has 0 aliphatic heterocycles. The van der Waals surface area contributed by atoms with Crippen LogP contribution in [-0.2, 0) is 4.79 Å². The summed E-state index contributed by atoms with van der Waals surface area (Å²) < 4.78 is 0. The summed E-state index contributed by atoms with van der Waals surface area (Å²) in [6, 6.07) is 16.8. The van der Waals surface area contributed by atoms with Crippen LogP contribution in [0.15, 0.2) is 42.5 Å². The molecule has 0 radical (unpaired) electrons. The van der Waals surface area contributed by atoms with Gasteiger partial charge in [0.2, 0.25) is 5.91 Å². The first-order valence-electron chi connectivity index (χ1n) is 8.47. The van der Waals surface area contributed by atoms with Crippen molar-refractivity contribution < 1.29 is 4.79 Å². The Labute approximate surface area is 142 Å². The van der Waals surface area contributed by atoms with Gasteiger partial charge >= 0.3 is 0 Å². The molecule has 2 atom stereocenters. The minimum Gasteiger partial charge on any atom is -0.337 e. The number of carbonyl (C=O) groups excluding carboxylic acids is 1. The molecule has 1 aliphatic rings. The Hall–Kier alpha value is -2.38. The van der Waals surface area contributed by atoms with Crippen molar-refractivity contribution in [3.05, 3.63) is 48.0 Å². The van der Waals surface area contributed by atoms with Crippen LogP contribution in [0.25, 0.3) is 10.8 Å².